The Morgan fingerprint density at radius 1 is 1.25 bits per heavy atom. The molecule has 7 nitrogen and oxygen atoms in total. The minimum Gasteiger partial charge on any atom is -0.490 e. The number of H-pyrrole nitrogens is 1. The SMILES string of the molecule is CCCCOc1ccc(/C=N\n2c(=S)[nH]nc(C(C)(C)C)c2=O)cc1OCC. The van der Waals surface area contributed by atoms with Crippen molar-refractivity contribution in [2.75, 3.05) is 13.2 Å². The van der Waals surface area contributed by atoms with Crippen molar-refractivity contribution in [1.82, 2.24) is 14.9 Å². The predicted octanol–water partition coefficient (Wildman–Crippen LogP) is 4.06. The van der Waals surface area contributed by atoms with E-state index in [2.05, 4.69) is 22.2 Å². The zero-order valence-electron chi connectivity index (χ0n) is 17.1. The van der Waals surface area contributed by atoms with Crippen LogP contribution in [0.1, 0.15) is 58.7 Å². The predicted molar refractivity (Wildman–Crippen MR) is 113 cm³/mol. The van der Waals surface area contributed by atoms with Crippen molar-refractivity contribution >= 4 is 18.4 Å². The first-order chi connectivity index (χ1) is 13.3. The fourth-order valence-corrected chi connectivity index (χ4v) is 2.60. The standard InChI is InChI=1S/C20H28N4O3S/c1-6-8-11-27-15-10-9-14(12-16(15)26-7-2)13-21-24-18(25)17(20(3,4)5)22-23-19(24)28/h9-10,12-13H,6-8,11H2,1-5H3,(H,23,28)/b21-13-. The Morgan fingerprint density at radius 3 is 2.64 bits per heavy atom. The Kier molecular flexibility index (Phi) is 7.51. The molecule has 2 rings (SSSR count). The number of aromatic nitrogens is 3. The van der Waals surface area contributed by atoms with E-state index in [0.29, 0.717) is 30.4 Å². The van der Waals surface area contributed by atoms with Crippen LogP contribution in [0.15, 0.2) is 28.1 Å². The minimum absolute atomic E-state index is 0.138. The average molecular weight is 405 g/mol. The van der Waals surface area contributed by atoms with Crippen LogP contribution >= 0.6 is 12.2 Å². The van der Waals surface area contributed by atoms with Crippen LogP contribution in [0, 0.1) is 4.77 Å². The molecule has 0 aliphatic carbocycles. The number of rotatable bonds is 8. The molecule has 1 N–H and O–H groups in total. The number of unbranched alkanes of at least 4 members (excludes halogenated alkanes) is 1. The summed E-state index contributed by atoms with van der Waals surface area (Å²) in [6, 6.07) is 5.54. The van der Waals surface area contributed by atoms with E-state index in [1.807, 2.05) is 45.9 Å². The summed E-state index contributed by atoms with van der Waals surface area (Å²) < 4.78 is 12.7. The second kappa shape index (κ2) is 9.64. The molecule has 28 heavy (non-hydrogen) atoms. The van der Waals surface area contributed by atoms with Gasteiger partial charge in [-0.2, -0.15) is 14.9 Å². The smallest absolute Gasteiger partial charge is 0.297 e. The number of aromatic amines is 1. The van der Waals surface area contributed by atoms with Gasteiger partial charge in [-0.15, -0.1) is 0 Å². The molecule has 0 bridgehead atoms. The Hall–Kier alpha value is -2.48. The monoisotopic (exact) mass is 404 g/mol. The number of hydrogen-bond donors (Lipinski definition) is 1. The molecular formula is C20H28N4O3S. The van der Waals surface area contributed by atoms with Gasteiger partial charge in [0.05, 0.1) is 19.4 Å². The summed E-state index contributed by atoms with van der Waals surface area (Å²) in [7, 11) is 0. The number of hydrogen-bond acceptors (Lipinski definition) is 6. The molecule has 0 saturated heterocycles. The third kappa shape index (κ3) is 5.51. The first kappa shape index (κ1) is 21.8. The Morgan fingerprint density at radius 2 is 2.00 bits per heavy atom. The number of nitrogens with one attached hydrogen (secondary N) is 1. The highest BCUT2D eigenvalue weighted by molar-refractivity contribution is 7.71. The molecule has 0 unspecified atom stereocenters. The third-order valence-corrected chi connectivity index (χ3v) is 4.17. The minimum atomic E-state index is -0.423. The van der Waals surface area contributed by atoms with Crippen molar-refractivity contribution in [1.29, 1.82) is 0 Å². The first-order valence-electron chi connectivity index (χ1n) is 9.44. The van der Waals surface area contributed by atoms with E-state index in [1.165, 1.54) is 0 Å². The molecule has 8 heteroatoms. The molecule has 1 aromatic carbocycles. The van der Waals surface area contributed by atoms with Crippen LogP contribution in [0.25, 0.3) is 0 Å². The van der Waals surface area contributed by atoms with Gasteiger partial charge in [-0.25, -0.2) is 0 Å². The summed E-state index contributed by atoms with van der Waals surface area (Å²) in [6.45, 7) is 10.9. The van der Waals surface area contributed by atoms with Gasteiger partial charge < -0.3 is 9.47 Å². The van der Waals surface area contributed by atoms with Crippen LogP contribution in [-0.4, -0.2) is 34.3 Å². The summed E-state index contributed by atoms with van der Waals surface area (Å²) in [5, 5.41) is 11.0. The van der Waals surface area contributed by atoms with Crippen LogP contribution in [-0.2, 0) is 5.41 Å². The number of benzene rings is 1. The van der Waals surface area contributed by atoms with E-state index in [0.717, 1.165) is 23.1 Å². The lowest BCUT2D eigenvalue weighted by atomic mass is 9.93. The second-order valence-electron chi connectivity index (χ2n) is 7.33. The Balaban J connectivity index is 2.35. The molecule has 0 saturated carbocycles. The Bertz CT molecular complexity index is 942. The zero-order valence-corrected chi connectivity index (χ0v) is 17.9. The molecule has 0 fully saturated rings. The summed E-state index contributed by atoms with van der Waals surface area (Å²) in [5.41, 5.74) is 0.375. The van der Waals surface area contributed by atoms with Gasteiger partial charge in [-0.3, -0.25) is 9.89 Å². The lowest BCUT2D eigenvalue weighted by Gasteiger charge is -2.16. The Labute approximate surface area is 170 Å². The second-order valence-corrected chi connectivity index (χ2v) is 7.72. The first-order valence-corrected chi connectivity index (χ1v) is 9.85. The average Bonchev–Trinajstić information content (AvgIpc) is 2.62. The van der Waals surface area contributed by atoms with Crippen LogP contribution in [0.2, 0.25) is 0 Å². The molecule has 0 amide bonds. The molecule has 0 radical (unpaired) electrons. The highest BCUT2D eigenvalue weighted by atomic mass is 32.1. The number of nitrogens with zero attached hydrogens (tertiary/aromatic N) is 3. The lowest BCUT2D eigenvalue weighted by molar-refractivity contribution is 0.272. The quantitative estimate of drug-likeness (QED) is 0.408. The maximum Gasteiger partial charge on any atom is 0.297 e. The molecule has 0 spiro atoms. The van der Waals surface area contributed by atoms with Crippen molar-refractivity contribution in [2.45, 2.75) is 52.9 Å². The van der Waals surface area contributed by atoms with E-state index in [4.69, 9.17) is 21.7 Å². The van der Waals surface area contributed by atoms with Gasteiger partial charge in [0.2, 0.25) is 4.77 Å². The van der Waals surface area contributed by atoms with Crippen molar-refractivity contribution in [3.05, 3.63) is 44.6 Å². The van der Waals surface area contributed by atoms with Crippen molar-refractivity contribution in [3.63, 3.8) is 0 Å². The maximum atomic E-state index is 12.7. The molecule has 0 atom stereocenters. The normalized spacial score (nSPS) is 11.8. The van der Waals surface area contributed by atoms with Crippen molar-refractivity contribution in [3.8, 4) is 11.5 Å². The molecule has 1 aromatic heterocycles. The van der Waals surface area contributed by atoms with Crippen molar-refractivity contribution < 1.29 is 9.47 Å². The summed E-state index contributed by atoms with van der Waals surface area (Å²) in [5.74, 6) is 1.34. The van der Waals surface area contributed by atoms with Crippen LogP contribution < -0.4 is 15.0 Å². The van der Waals surface area contributed by atoms with Gasteiger partial charge in [0.1, 0.15) is 5.69 Å². The largest absolute Gasteiger partial charge is 0.490 e. The van der Waals surface area contributed by atoms with E-state index in [9.17, 15) is 4.79 Å². The van der Waals surface area contributed by atoms with E-state index in [1.54, 1.807) is 6.21 Å². The van der Waals surface area contributed by atoms with Gasteiger partial charge in [0, 0.05) is 5.41 Å². The van der Waals surface area contributed by atoms with E-state index in [-0.39, 0.29) is 10.3 Å². The fraction of sp³-hybridized carbons (Fsp3) is 0.500. The zero-order chi connectivity index (χ0) is 20.7. The van der Waals surface area contributed by atoms with Crippen LogP contribution in [0.5, 0.6) is 11.5 Å². The van der Waals surface area contributed by atoms with Gasteiger partial charge in [-0.1, -0.05) is 34.1 Å². The molecule has 1 heterocycles. The summed E-state index contributed by atoms with van der Waals surface area (Å²) in [4.78, 5) is 12.7. The van der Waals surface area contributed by atoms with Gasteiger partial charge in [0.25, 0.3) is 5.56 Å². The number of ether oxygens (including phenoxy) is 2. The molecular weight excluding hydrogens is 376 g/mol. The van der Waals surface area contributed by atoms with E-state index >= 15 is 0 Å². The third-order valence-electron chi connectivity index (χ3n) is 3.91. The maximum absolute atomic E-state index is 12.7. The van der Waals surface area contributed by atoms with Crippen LogP contribution in [0.4, 0.5) is 0 Å². The van der Waals surface area contributed by atoms with Gasteiger partial charge in [0.15, 0.2) is 11.5 Å². The highest BCUT2D eigenvalue weighted by Gasteiger charge is 2.21. The highest BCUT2D eigenvalue weighted by Crippen LogP contribution is 2.28. The molecule has 0 aliphatic rings. The van der Waals surface area contributed by atoms with Gasteiger partial charge in [-0.05, 0) is 49.3 Å². The lowest BCUT2D eigenvalue weighted by Crippen LogP contribution is -2.32. The van der Waals surface area contributed by atoms with Gasteiger partial charge >= 0.3 is 0 Å². The molecule has 152 valence electrons. The molecule has 2 aromatic rings. The molecule has 0 aliphatic heterocycles. The summed E-state index contributed by atoms with van der Waals surface area (Å²) in [6.07, 6.45) is 3.61. The van der Waals surface area contributed by atoms with Crippen LogP contribution in [0.3, 0.4) is 0 Å². The summed E-state index contributed by atoms with van der Waals surface area (Å²) >= 11 is 5.17. The van der Waals surface area contributed by atoms with E-state index < -0.39 is 5.41 Å². The fourth-order valence-electron chi connectivity index (χ4n) is 2.43. The van der Waals surface area contributed by atoms with Crippen molar-refractivity contribution in [2.24, 2.45) is 5.10 Å². The topological polar surface area (TPSA) is 81.5 Å².